The lowest BCUT2D eigenvalue weighted by Crippen LogP contribution is -2.50. The number of ether oxygens (including phenoxy) is 3. The van der Waals surface area contributed by atoms with Gasteiger partial charge >= 0.3 is 5.97 Å². The summed E-state index contributed by atoms with van der Waals surface area (Å²) in [6.07, 6.45) is 5.85. The minimum Gasteiger partial charge on any atom is -0.469 e. The molecule has 0 aromatic carbocycles. The summed E-state index contributed by atoms with van der Waals surface area (Å²) in [5.41, 5.74) is -0.573. The number of carbonyl (C=O) groups excluding carboxylic acids is 1. The average Bonchev–Trinajstić information content (AvgIpc) is 2.86. The molecule has 6 heteroatoms. The lowest BCUT2D eigenvalue weighted by Gasteiger charge is -2.40. The standard InChI is InChI=1S/C22H42O5Si/c1-11-17(2)22(15-13-12-14-19(23)24-8)18(26-21(6,7)27-22)16-25-28(9,10)20(3,4)5/h13,15,17-18H,11-12,14,16H2,1-10H3/t17-,18+,22+/m0/s1. The quantitative estimate of drug-likeness (QED) is 0.285. The minimum absolute atomic E-state index is 0.136. The smallest absolute Gasteiger partial charge is 0.305 e. The fourth-order valence-corrected chi connectivity index (χ4v) is 4.23. The van der Waals surface area contributed by atoms with Crippen LogP contribution in [0.1, 0.15) is 67.7 Å². The normalized spacial score (nSPS) is 26.6. The van der Waals surface area contributed by atoms with Gasteiger partial charge in [0.2, 0.25) is 0 Å². The fraction of sp³-hybridized carbons (Fsp3) is 0.864. The van der Waals surface area contributed by atoms with Gasteiger partial charge in [-0.1, -0.05) is 53.2 Å². The molecule has 3 atom stereocenters. The summed E-state index contributed by atoms with van der Waals surface area (Å²) in [5, 5.41) is 0.136. The van der Waals surface area contributed by atoms with E-state index in [0.29, 0.717) is 19.4 Å². The van der Waals surface area contributed by atoms with Crippen LogP contribution in [0, 0.1) is 5.92 Å². The summed E-state index contributed by atoms with van der Waals surface area (Å²) >= 11 is 0. The largest absolute Gasteiger partial charge is 0.469 e. The molecule has 1 saturated heterocycles. The first-order valence-electron chi connectivity index (χ1n) is 10.5. The molecule has 5 nitrogen and oxygen atoms in total. The van der Waals surface area contributed by atoms with Crippen molar-refractivity contribution in [3.8, 4) is 0 Å². The number of allylic oxidation sites excluding steroid dienone is 1. The van der Waals surface area contributed by atoms with Gasteiger partial charge in [0.05, 0.1) is 13.7 Å². The molecule has 0 radical (unpaired) electrons. The van der Waals surface area contributed by atoms with E-state index >= 15 is 0 Å². The van der Waals surface area contributed by atoms with Gasteiger partial charge in [-0.2, -0.15) is 0 Å². The lowest BCUT2D eigenvalue weighted by atomic mass is 9.81. The number of hydrogen-bond acceptors (Lipinski definition) is 5. The van der Waals surface area contributed by atoms with Crippen LogP contribution in [0.25, 0.3) is 0 Å². The zero-order valence-corrected chi connectivity index (χ0v) is 20.7. The van der Waals surface area contributed by atoms with Gasteiger partial charge in [0, 0.05) is 6.42 Å². The third kappa shape index (κ3) is 6.15. The van der Waals surface area contributed by atoms with Crippen molar-refractivity contribution in [2.45, 2.75) is 103 Å². The summed E-state index contributed by atoms with van der Waals surface area (Å²) in [6.45, 7) is 20.0. The van der Waals surface area contributed by atoms with Crippen LogP contribution < -0.4 is 0 Å². The van der Waals surface area contributed by atoms with Crippen LogP contribution in [0.15, 0.2) is 12.2 Å². The topological polar surface area (TPSA) is 54.0 Å². The van der Waals surface area contributed by atoms with E-state index in [1.807, 2.05) is 19.9 Å². The molecular formula is C22H42O5Si. The maximum Gasteiger partial charge on any atom is 0.305 e. The van der Waals surface area contributed by atoms with E-state index in [1.54, 1.807) is 0 Å². The summed E-state index contributed by atoms with van der Waals surface area (Å²) < 4.78 is 24.1. The van der Waals surface area contributed by atoms with E-state index in [9.17, 15) is 4.79 Å². The van der Waals surface area contributed by atoms with Crippen molar-refractivity contribution >= 4 is 14.3 Å². The zero-order valence-electron chi connectivity index (χ0n) is 19.7. The molecule has 0 spiro atoms. The molecule has 164 valence electrons. The van der Waals surface area contributed by atoms with Crippen molar-refractivity contribution in [1.82, 2.24) is 0 Å². The Kier molecular flexibility index (Phi) is 8.52. The number of methoxy groups -OCH3 is 1. The Morgan fingerprint density at radius 1 is 1.29 bits per heavy atom. The van der Waals surface area contributed by atoms with E-state index < -0.39 is 19.7 Å². The Bertz CT molecular complexity index is 550. The van der Waals surface area contributed by atoms with Crippen LogP contribution in [0.2, 0.25) is 18.1 Å². The molecule has 0 aromatic rings. The summed E-state index contributed by atoms with van der Waals surface area (Å²) in [6, 6.07) is 0. The molecule has 1 aliphatic rings. The Morgan fingerprint density at radius 2 is 1.89 bits per heavy atom. The second kappa shape index (κ2) is 9.41. The van der Waals surface area contributed by atoms with Crippen molar-refractivity contribution in [2.75, 3.05) is 13.7 Å². The second-order valence-electron chi connectivity index (χ2n) is 9.86. The molecule has 1 fully saturated rings. The molecular weight excluding hydrogens is 372 g/mol. The Labute approximate surface area is 173 Å². The van der Waals surface area contributed by atoms with Crippen LogP contribution in [0.4, 0.5) is 0 Å². The van der Waals surface area contributed by atoms with Crippen LogP contribution in [-0.4, -0.2) is 45.5 Å². The second-order valence-corrected chi connectivity index (χ2v) is 14.7. The van der Waals surface area contributed by atoms with Crippen LogP contribution in [0.3, 0.4) is 0 Å². The highest BCUT2D eigenvalue weighted by Gasteiger charge is 2.55. The third-order valence-electron chi connectivity index (χ3n) is 6.26. The Hall–Kier alpha value is -0.693. The zero-order chi connectivity index (χ0) is 21.8. The van der Waals surface area contributed by atoms with E-state index in [1.165, 1.54) is 7.11 Å². The number of carbonyl (C=O) groups is 1. The number of esters is 1. The van der Waals surface area contributed by atoms with Crippen molar-refractivity contribution in [2.24, 2.45) is 5.92 Å². The summed E-state index contributed by atoms with van der Waals surface area (Å²) in [7, 11) is -0.491. The minimum atomic E-state index is -1.91. The molecule has 0 amide bonds. The van der Waals surface area contributed by atoms with Gasteiger partial charge in [-0.3, -0.25) is 4.79 Å². The van der Waals surface area contributed by atoms with Crippen molar-refractivity contribution in [3.05, 3.63) is 12.2 Å². The maximum atomic E-state index is 11.4. The molecule has 0 aromatic heterocycles. The van der Waals surface area contributed by atoms with Gasteiger partial charge in [-0.25, -0.2) is 0 Å². The first-order chi connectivity index (χ1) is 12.7. The van der Waals surface area contributed by atoms with Gasteiger partial charge in [0.15, 0.2) is 14.1 Å². The van der Waals surface area contributed by atoms with Crippen molar-refractivity contribution in [3.63, 3.8) is 0 Å². The van der Waals surface area contributed by atoms with Gasteiger partial charge < -0.3 is 18.6 Å². The molecule has 1 heterocycles. The first kappa shape index (κ1) is 25.3. The van der Waals surface area contributed by atoms with Gasteiger partial charge in [-0.15, -0.1) is 0 Å². The molecule has 0 N–H and O–H groups in total. The van der Waals surface area contributed by atoms with Crippen molar-refractivity contribution < 1.29 is 23.4 Å². The highest BCUT2D eigenvalue weighted by Crippen LogP contribution is 2.45. The number of rotatable bonds is 9. The first-order valence-corrected chi connectivity index (χ1v) is 13.4. The molecule has 0 bridgehead atoms. The fourth-order valence-electron chi connectivity index (χ4n) is 3.23. The van der Waals surface area contributed by atoms with Crippen molar-refractivity contribution in [1.29, 1.82) is 0 Å². The van der Waals surface area contributed by atoms with Crippen LogP contribution in [-0.2, 0) is 23.4 Å². The molecule has 28 heavy (non-hydrogen) atoms. The summed E-state index contributed by atoms with van der Waals surface area (Å²) in [4.78, 5) is 11.4. The van der Waals surface area contributed by atoms with E-state index in [0.717, 1.165) is 6.42 Å². The Morgan fingerprint density at radius 3 is 2.39 bits per heavy atom. The summed E-state index contributed by atoms with van der Waals surface area (Å²) in [5.74, 6) is -0.641. The van der Waals surface area contributed by atoms with E-state index in [4.69, 9.17) is 18.6 Å². The maximum absolute atomic E-state index is 11.4. The van der Waals surface area contributed by atoms with Gasteiger partial charge in [0.25, 0.3) is 0 Å². The highest BCUT2D eigenvalue weighted by atomic mass is 28.4. The lowest BCUT2D eigenvalue weighted by molar-refractivity contribution is -0.163. The molecule has 0 unspecified atom stereocenters. The van der Waals surface area contributed by atoms with E-state index in [-0.39, 0.29) is 23.0 Å². The average molecular weight is 415 g/mol. The van der Waals surface area contributed by atoms with Gasteiger partial charge in [-0.05, 0) is 44.3 Å². The molecule has 0 saturated carbocycles. The molecule has 1 rings (SSSR count). The predicted molar refractivity (Wildman–Crippen MR) is 116 cm³/mol. The van der Waals surface area contributed by atoms with E-state index in [2.05, 4.69) is 53.8 Å². The highest BCUT2D eigenvalue weighted by molar-refractivity contribution is 6.74. The number of hydrogen-bond donors (Lipinski definition) is 0. The SMILES string of the molecule is CC[C@H](C)[C@@]1(C=CCCC(=O)OC)OC(C)(C)O[C@@H]1CO[Si](C)(C)C(C)(C)C. The monoisotopic (exact) mass is 414 g/mol. The molecule has 1 aliphatic heterocycles. The third-order valence-corrected chi connectivity index (χ3v) is 10.8. The van der Waals surface area contributed by atoms with Gasteiger partial charge in [0.1, 0.15) is 11.7 Å². The molecule has 0 aliphatic carbocycles. The van der Waals surface area contributed by atoms with Crippen LogP contribution in [0.5, 0.6) is 0 Å². The Balaban J connectivity index is 3.08. The van der Waals surface area contributed by atoms with Crippen LogP contribution >= 0.6 is 0 Å². The predicted octanol–water partition coefficient (Wildman–Crippen LogP) is 5.45.